The molecule has 2 aromatic carbocycles. The highest BCUT2D eigenvalue weighted by atomic mass is 16.5. The molecule has 0 aliphatic carbocycles. The molecule has 1 fully saturated rings. The number of ether oxygens (including phenoxy) is 1. The van der Waals surface area contributed by atoms with Crippen molar-refractivity contribution in [1.29, 1.82) is 0 Å². The van der Waals surface area contributed by atoms with Gasteiger partial charge in [0.2, 0.25) is 0 Å². The third kappa shape index (κ3) is 4.36. The summed E-state index contributed by atoms with van der Waals surface area (Å²) >= 11 is 0. The summed E-state index contributed by atoms with van der Waals surface area (Å²) in [5.41, 5.74) is 3.79. The fourth-order valence-corrected chi connectivity index (χ4v) is 4.09. The Morgan fingerprint density at radius 2 is 1.88 bits per heavy atom. The minimum absolute atomic E-state index is 0.0923. The fraction of sp³-hybridized carbons (Fsp3) is 0.292. The van der Waals surface area contributed by atoms with Gasteiger partial charge in [-0.25, -0.2) is 9.97 Å². The van der Waals surface area contributed by atoms with Crippen LogP contribution in [0.2, 0.25) is 0 Å². The topological polar surface area (TPSA) is 79.3 Å². The van der Waals surface area contributed by atoms with Crippen LogP contribution < -0.4 is 4.74 Å². The van der Waals surface area contributed by atoms with Gasteiger partial charge >= 0.3 is 0 Å². The minimum Gasteiger partial charge on any atom is -0.497 e. The fourth-order valence-electron chi connectivity index (χ4n) is 4.09. The second-order valence-electron chi connectivity index (χ2n) is 8.07. The number of nitrogens with zero attached hydrogens (tertiary/aromatic N) is 5. The van der Waals surface area contributed by atoms with Gasteiger partial charge in [-0.3, -0.25) is 9.69 Å². The summed E-state index contributed by atoms with van der Waals surface area (Å²) in [5, 5.41) is 0. The Hall–Kier alpha value is -3.65. The average Bonchev–Trinajstić information content (AvgIpc) is 3.48. The van der Waals surface area contributed by atoms with Gasteiger partial charge in [-0.1, -0.05) is 12.1 Å². The maximum atomic E-state index is 12.9. The molecule has 1 aliphatic heterocycles. The number of piperazine rings is 1. The molecule has 0 atom stereocenters. The van der Waals surface area contributed by atoms with E-state index < -0.39 is 0 Å². The van der Waals surface area contributed by atoms with Crippen molar-refractivity contribution in [2.24, 2.45) is 0 Å². The lowest BCUT2D eigenvalue weighted by Crippen LogP contribution is -2.48. The second-order valence-corrected chi connectivity index (χ2v) is 8.07. The van der Waals surface area contributed by atoms with Crippen LogP contribution in [0.1, 0.15) is 21.7 Å². The summed E-state index contributed by atoms with van der Waals surface area (Å²) in [4.78, 5) is 29.3. The molecule has 32 heavy (non-hydrogen) atoms. The van der Waals surface area contributed by atoms with E-state index in [9.17, 15) is 4.79 Å². The van der Waals surface area contributed by atoms with Crippen molar-refractivity contribution in [3.8, 4) is 5.75 Å². The van der Waals surface area contributed by atoms with Gasteiger partial charge in [-0.05, 0) is 29.8 Å². The molecule has 3 heterocycles. The monoisotopic (exact) mass is 430 g/mol. The number of hydrogen-bond acceptors (Lipinski definition) is 5. The highest BCUT2D eigenvalue weighted by Crippen LogP contribution is 2.20. The molecule has 0 spiro atoms. The molecule has 1 aliphatic rings. The summed E-state index contributed by atoms with van der Waals surface area (Å²) < 4.78 is 7.29. The quantitative estimate of drug-likeness (QED) is 0.509. The van der Waals surface area contributed by atoms with Gasteiger partial charge in [0.25, 0.3) is 5.91 Å². The van der Waals surface area contributed by atoms with Crippen LogP contribution in [-0.4, -0.2) is 68.5 Å². The normalized spacial score (nSPS) is 14.7. The molecule has 0 unspecified atom stereocenters. The van der Waals surface area contributed by atoms with Gasteiger partial charge in [0.15, 0.2) is 0 Å². The lowest BCUT2D eigenvalue weighted by atomic mass is 10.1. The van der Waals surface area contributed by atoms with E-state index in [2.05, 4.69) is 19.9 Å². The minimum atomic E-state index is 0.0923. The lowest BCUT2D eigenvalue weighted by Gasteiger charge is -2.34. The summed E-state index contributed by atoms with van der Waals surface area (Å²) in [5.74, 6) is 1.84. The number of benzene rings is 2. The Labute approximate surface area is 186 Å². The van der Waals surface area contributed by atoms with Gasteiger partial charge in [0.1, 0.15) is 11.6 Å². The summed E-state index contributed by atoms with van der Waals surface area (Å²) in [6, 6.07) is 13.7. The van der Waals surface area contributed by atoms with Crippen molar-refractivity contribution >= 4 is 16.9 Å². The van der Waals surface area contributed by atoms with Crippen molar-refractivity contribution in [2.45, 2.75) is 13.1 Å². The number of H-pyrrole nitrogens is 1. The van der Waals surface area contributed by atoms with E-state index >= 15 is 0 Å². The van der Waals surface area contributed by atoms with E-state index in [1.165, 1.54) is 0 Å². The highest BCUT2D eigenvalue weighted by molar-refractivity contribution is 5.94. The smallest absolute Gasteiger partial charge is 0.253 e. The van der Waals surface area contributed by atoms with E-state index in [0.29, 0.717) is 13.1 Å². The molecular formula is C24H26N6O2. The van der Waals surface area contributed by atoms with Crippen LogP contribution in [0.15, 0.2) is 61.2 Å². The SMILES string of the molecule is COc1ccc2nc(CN3CCN(C(=O)c4ccc(Cn5ccnc5)cc4)CC3)[nH]c2c1. The maximum absolute atomic E-state index is 12.9. The number of carbonyl (C=O) groups is 1. The van der Waals surface area contributed by atoms with Crippen LogP contribution in [0, 0.1) is 0 Å². The van der Waals surface area contributed by atoms with E-state index in [1.54, 1.807) is 19.6 Å². The van der Waals surface area contributed by atoms with E-state index in [4.69, 9.17) is 4.74 Å². The molecule has 1 saturated heterocycles. The van der Waals surface area contributed by atoms with Crippen molar-refractivity contribution in [3.05, 3.63) is 78.1 Å². The number of imidazole rings is 2. The number of nitrogens with one attached hydrogen (secondary N) is 1. The molecule has 0 bridgehead atoms. The zero-order valence-corrected chi connectivity index (χ0v) is 18.1. The van der Waals surface area contributed by atoms with Crippen LogP contribution in [0.4, 0.5) is 0 Å². The number of rotatable bonds is 6. The average molecular weight is 431 g/mol. The predicted molar refractivity (Wildman–Crippen MR) is 122 cm³/mol. The first-order valence-electron chi connectivity index (χ1n) is 10.8. The Bertz CT molecular complexity index is 1190. The number of aromatic nitrogens is 4. The lowest BCUT2D eigenvalue weighted by molar-refractivity contribution is 0.0626. The van der Waals surface area contributed by atoms with E-state index in [-0.39, 0.29) is 5.91 Å². The number of carbonyl (C=O) groups excluding carboxylic acids is 1. The Morgan fingerprint density at radius 3 is 2.59 bits per heavy atom. The third-order valence-corrected chi connectivity index (χ3v) is 5.90. The molecule has 2 aromatic heterocycles. The molecule has 0 radical (unpaired) electrons. The van der Waals surface area contributed by atoms with Gasteiger partial charge in [-0.15, -0.1) is 0 Å². The Balaban J connectivity index is 1.16. The number of aromatic amines is 1. The summed E-state index contributed by atoms with van der Waals surface area (Å²) in [7, 11) is 1.66. The van der Waals surface area contributed by atoms with Crippen LogP contribution in [0.3, 0.4) is 0 Å². The van der Waals surface area contributed by atoms with Gasteiger partial charge < -0.3 is 19.2 Å². The molecule has 4 aromatic rings. The van der Waals surface area contributed by atoms with Crippen molar-refractivity contribution < 1.29 is 9.53 Å². The molecule has 8 nitrogen and oxygen atoms in total. The standard InChI is InChI=1S/C24H26N6O2/c1-32-20-6-7-21-22(14-20)27-23(26-21)16-28-10-12-30(13-11-28)24(31)19-4-2-18(3-5-19)15-29-9-8-25-17-29/h2-9,14,17H,10-13,15-16H2,1H3,(H,26,27). The van der Waals surface area contributed by atoms with Gasteiger partial charge in [0.05, 0.1) is 31.0 Å². The predicted octanol–water partition coefficient (Wildman–Crippen LogP) is 2.77. The van der Waals surface area contributed by atoms with Crippen molar-refractivity contribution in [2.75, 3.05) is 33.3 Å². The van der Waals surface area contributed by atoms with Crippen LogP contribution in [0.25, 0.3) is 11.0 Å². The van der Waals surface area contributed by atoms with E-state index in [1.807, 2.05) is 58.1 Å². The van der Waals surface area contributed by atoms with Crippen LogP contribution in [0.5, 0.6) is 5.75 Å². The van der Waals surface area contributed by atoms with Gasteiger partial charge in [0, 0.05) is 56.7 Å². The first-order valence-corrected chi connectivity index (χ1v) is 10.8. The zero-order chi connectivity index (χ0) is 21.9. The maximum Gasteiger partial charge on any atom is 0.253 e. The number of hydrogen-bond donors (Lipinski definition) is 1. The largest absolute Gasteiger partial charge is 0.497 e. The molecule has 0 saturated carbocycles. The molecular weight excluding hydrogens is 404 g/mol. The Morgan fingerprint density at radius 1 is 1.06 bits per heavy atom. The molecule has 1 amide bonds. The number of fused-ring (bicyclic) bond motifs is 1. The molecule has 1 N–H and O–H groups in total. The zero-order valence-electron chi connectivity index (χ0n) is 18.1. The van der Waals surface area contributed by atoms with Crippen LogP contribution in [-0.2, 0) is 13.1 Å². The Kier molecular flexibility index (Phi) is 5.60. The summed E-state index contributed by atoms with van der Waals surface area (Å²) in [6.07, 6.45) is 5.49. The summed E-state index contributed by atoms with van der Waals surface area (Å²) in [6.45, 7) is 4.56. The number of methoxy groups -OCH3 is 1. The number of amides is 1. The highest BCUT2D eigenvalue weighted by Gasteiger charge is 2.23. The van der Waals surface area contributed by atoms with Crippen LogP contribution >= 0.6 is 0 Å². The van der Waals surface area contributed by atoms with E-state index in [0.717, 1.165) is 59.9 Å². The molecule has 8 heteroatoms. The molecule has 5 rings (SSSR count). The van der Waals surface area contributed by atoms with Crippen molar-refractivity contribution in [3.63, 3.8) is 0 Å². The second kappa shape index (κ2) is 8.84. The molecule has 164 valence electrons. The van der Waals surface area contributed by atoms with Gasteiger partial charge in [-0.2, -0.15) is 0 Å². The van der Waals surface area contributed by atoms with Crippen molar-refractivity contribution in [1.82, 2.24) is 29.3 Å². The first kappa shape index (κ1) is 20.3. The first-order chi connectivity index (χ1) is 15.7. The third-order valence-electron chi connectivity index (χ3n) is 5.90.